The first-order chi connectivity index (χ1) is 12.0. The topological polar surface area (TPSA) is 88.6 Å². The molecule has 0 saturated carbocycles. The monoisotopic (exact) mass is 344 g/mol. The van der Waals surface area contributed by atoms with Gasteiger partial charge in [-0.3, -0.25) is 9.20 Å². The van der Waals surface area contributed by atoms with E-state index in [1.165, 1.54) is 28.7 Å². The van der Waals surface area contributed by atoms with Crippen LogP contribution in [0, 0.1) is 5.82 Å². The summed E-state index contributed by atoms with van der Waals surface area (Å²) in [6.07, 6.45) is 0.572. The van der Waals surface area contributed by atoms with Crippen LogP contribution in [-0.4, -0.2) is 31.2 Å². The van der Waals surface area contributed by atoms with Gasteiger partial charge in [0.15, 0.2) is 5.65 Å². The number of aromatic nitrogens is 3. The van der Waals surface area contributed by atoms with Crippen molar-refractivity contribution in [2.24, 2.45) is 0 Å². The van der Waals surface area contributed by atoms with Crippen LogP contribution in [0.4, 0.5) is 4.39 Å². The summed E-state index contributed by atoms with van der Waals surface area (Å²) >= 11 is 0. The molecule has 7 nitrogen and oxygen atoms in total. The Morgan fingerprint density at radius 2 is 2.00 bits per heavy atom. The number of fused-ring (bicyclic) bond motifs is 1. The summed E-state index contributed by atoms with van der Waals surface area (Å²) in [7, 11) is 0. The van der Waals surface area contributed by atoms with Crippen molar-refractivity contribution in [3.8, 4) is 0 Å². The fourth-order valence-electron chi connectivity index (χ4n) is 2.53. The molecule has 8 heteroatoms. The van der Waals surface area contributed by atoms with Crippen LogP contribution in [0.3, 0.4) is 0 Å². The van der Waals surface area contributed by atoms with E-state index >= 15 is 0 Å². The number of benzene rings is 1. The Morgan fingerprint density at radius 1 is 1.28 bits per heavy atom. The fraction of sp³-hybridized carbons (Fsp3) is 0.235. The molecule has 2 heterocycles. The molecular formula is C17H17FN4O3. The van der Waals surface area contributed by atoms with E-state index in [0.717, 1.165) is 4.68 Å². The molecule has 2 unspecified atom stereocenters. The lowest BCUT2D eigenvalue weighted by Gasteiger charge is -2.20. The highest BCUT2D eigenvalue weighted by Gasteiger charge is 2.19. The molecule has 0 saturated heterocycles. The molecule has 1 aromatic carbocycles. The van der Waals surface area contributed by atoms with Gasteiger partial charge in [0.05, 0.1) is 12.1 Å². The molecule has 2 aromatic heterocycles. The van der Waals surface area contributed by atoms with Crippen LogP contribution in [0.1, 0.15) is 18.6 Å². The number of pyridine rings is 1. The molecule has 2 N–H and O–H groups in total. The summed E-state index contributed by atoms with van der Waals surface area (Å²) in [6.45, 7) is 1.36. The lowest BCUT2D eigenvalue weighted by molar-refractivity contribution is -0.123. The Bertz CT molecular complexity index is 948. The molecule has 0 spiro atoms. The van der Waals surface area contributed by atoms with Crippen molar-refractivity contribution in [2.45, 2.75) is 25.6 Å². The highest BCUT2D eigenvalue weighted by atomic mass is 19.1. The Kier molecular flexibility index (Phi) is 4.62. The molecule has 25 heavy (non-hydrogen) atoms. The van der Waals surface area contributed by atoms with Crippen LogP contribution in [-0.2, 0) is 11.3 Å². The summed E-state index contributed by atoms with van der Waals surface area (Å²) in [6, 6.07) is 9.87. The minimum absolute atomic E-state index is 0.263. The van der Waals surface area contributed by atoms with E-state index in [1.54, 1.807) is 31.3 Å². The van der Waals surface area contributed by atoms with Crippen LogP contribution in [0.25, 0.3) is 5.65 Å². The van der Waals surface area contributed by atoms with Gasteiger partial charge in [-0.15, -0.1) is 5.10 Å². The Hall–Kier alpha value is -3.00. The van der Waals surface area contributed by atoms with Crippen molar-refractivity contribution in [3.63, 3.8) is 0 Å². The molecule has 0 aliphatic carbocycles. The SMILES string of the molecule is CC(NC(=O)Cn1nc2ccccn2c1=O)C(O)c1ccc(F)cc1. The van der Waals surface area contributed by atoms with E-state index < -0.39 is 29.6 Å². The predicted molar refractivity (Wildman–Crippen MR) is 88.4 cm³/mol. The van der Waals surface area contributed by atoms with Crippen molar-refractivity contribution in [3.05, 3.63) is 70.5 Å². The van der Waals surface area contributed by atoms with Crippen LogP contribution >= 0.6 is 0 Å². The molecule has 0 aliphatic rings. The second kappa shape index (κ2) is 6.86. The number of nitrogens with one attached hydrogen (secondary N) is 1. The number of carbonyl (C=O) groups is 1. The number of halogens is 1. The second-order valence-corrected chi connectivity index (χ2v) is 5.72. The standard InChI is InChI=1S/C17H17FN4O3/c1-11(16(24)12-5-7-13(18)8-6-12)19-15(23)10-22-17(25)21-9-3-2-4-14(21)20-22/h2-9,11,16,24H,10H2,1H3,(H,19,23). The van der Waals surface area contributed by atoms with Gasteiger partial charge in [-0.1, -0.05) is 18.2 Å². The lowest BCUT2D eigenvalue weighted by atomic mass is 10.0. The number of hydrogen-bond acceptors (Lipinski definition) is 4. The Labute approximate surface area is 142 Å². The number of nitrogens with zero attached hydrogens (tertiary/aromatic N) is 3. The molecule has 130 valence electrons. The molecule has 0 fully saturated rings. The maximum atomic E-state index is 12.9. The van der Waals surface area contributed by atoms with Gasteiger partial charge in [0.2, 0.25) is 5.91 Å². The Morgan fingerprint density at radius 3 is 2.68 bits per heavy atom. The van der Waals surface area contributed by atoms with Crippen LogP contribution in [0.15, 0.2) is 53.5 Å². The summed E-state index contributed by atoms with van der Waals surface area (Å²) in [4.78, 5) is 24.3. The quantitative estimate of drug-likeness (QED) is 0.719. The molecule has 3 rings (SSSR count). The first kappa shape index (κ1) is 16.8. The average molecular weight is 344 g/mol. The number of carbonyl (C=O) groups excluding carboxylic acids is 1. The van der Waals surface area contributed by atoms with Gasteiger partial charge in [-0.25, -0.2) is 13.9 Å². The average Bonchev–Trinajstić information content (AvgIpc) is 2.91. The molecular weight excluding hydrogens is 327 g/mol. The largest absolute Gasteiger partial charge is 0.386 e. The molecule has 0 bridgehead atoms. The first-order valence-electron chi connectivity index (χ1n) is 7.73. The number of rotatable bonds is 5. The first-order valence-corrected chi connectivity index (χ1v) is 7.73. The minimum atomic E-state index is -0.998. The second-order valence-electron chi connectivity index (χ2n) is 5.72. The van der Waals surface area contributed by atoms with Crippen LogP contribution in [0.2, 0.25) is 0 Å². The van der Waals surface area contributed by atoms with Crippen LogP contribution < -0.4 is 11.0 Å². The summed E-state index contributed by atoms with van der Waals surface area (Å²) in [5.41, 5.74) is 0.510. The molecule has 1 amide bonds. The number of amides is 1. The van der Waals surface area contributed by atoms with Crippen molar-refractivity contribution in [2.75, 3.05) is 0 Å². The summed E-state index contributed by atoms with van der Waals surface area (Å²) < 4.78 is 15.3. The van der Waals surface area contributed by atoms with E-state index in [9.17, 15) is 19.1 Å². The van der Waals surface area contributed by atoms with E-state index in [-0.39, 0.29) is 6.54 Å². The zero-order valence-corrected chi connectivity index (χ0v) is 13.5. The highest BCUT2D eigenvalue weighted by Crippen LogP contribution is 2.17. The van der Waals surface area contributed by atoms with Gasteiger partial charge in [-0.05, 0) is 36.8 Å². The van der Waals surface area contributed by atoms with Gasteiger partial charge in [0.1, 0.15) is 12.4 Å². The third kappa shape index (κ3) is 3.58. The highest BCUT2D eigenvalue weighted by molar-refractivity contribution is 5.76. The number of aliphatic hydroxyl groups excluding tert-OH is 1. The Balaban J connectivity index is 1.68. The normalized spacial score (nSPS) is 13.6. The lowest BCUT2D eigenvalue weighted by Crippen LogP contribution is -2.40. The van der Waals surface area contributed by atoms with E-state index in [0.29, 0.717) is 11.2 Å². The number of hydrogen-bond donors (Lipinski definition) is 2. The molecule has 3 aromatic rings. The zero-order valence-electron chi connectivity index (χ0n) is 13.5. The van der Waals surface area contributed by atoms with Gasteiger partial charge in [0.25, 0.3) is 0 Å². The molecule has 2 atom stereocenters. The predicted octanol–water partition coefficient (Wildman–Crippen LogP) is 0.873. The molecule has 0 aliphatic heterocycles. The summed E-state index contributed by atoms with van der Waals surface area (Å²) in [5.74, 6) is -0.863. The fourth-order valence-corrected chi connectivity index (χ4v) is 2.53. The van der Waals surface area contributed by atoms with E-state index in [4.69, 9.17) is 0 Å². The van der Waals surface area contributed by atoms with Crippen molar-refractivity contribution < 1.29 is 14.3 Å². The maximum absolute atomic E-state index is 12.9. The minimum Gasteiger partial charge on any atom is -0.386 e. The van der Waals surface area contributed by atoms with Gasteiger partial charge in [-0.2, -0.15) is 0 Å². The summed E-state index contributed by atoms with van der Waals surface area (Å²) in [5, 5.41) is 16.9. The van der Waals surface area contributed by atoms with Crippen molar-refractivity contribution in [1.82, 2.24) is 19.5 Å². The smallest absolute Gasteiger partial charge is 0.350 e. The van der Waals surface area contributed by atoms with Crippen LogP contribution in [0.5, 0.6) is 0 Å². The van der Waals surface area contributed by atoms with Gasteiger partial charge in [0, 0.05) is 6.20 Å². The van der Waals surface area contributed by atoms with Gasteiger partial charge < -0.3 is 10.4 Å². The van der Waals surface area contributed by atoms with Crippen molar-refractivity contribution in [1.29, 1.82) is 0 Å². The third-order valence-electron chi connectivity index (χ3n) is 3.86. The number of aliphatic hydroxyl groups is 1. The molecule has 0 radical (unpaired) electrons. The van der Waals surface area contributed by atoms with E-state index in [2.05, 4.69) is 10.4 Å². The van der Waals surface area contributed by atoms with Crippen molar-refractivity contribution >= 4 is 11.6 Å². The van der Waals surface area contributed by atoms with E-state index in [1.807, 2.05) is 0 Å². The van der Waals surface area contributed by atoms with Gasteiger partial charge >= 0.3 is 5.69 Å². The third-order valence-corrected chi connectivity index (χ3v) is 3.86. The zero-order chi connectivity index (χ0) is 18.0. The maximum Gasteiger partial charge on any atom is 0.350 e.